The summed E-state index contributed by atoms with van der Waals surface area (Å²) in [4.78, 5) is 9.05. The van der Waals surface area contributed by atoms with E-state index in [9.17, 15) is 0 Å². The molecule has 13 heavy (non-hydrogen) atoms. The maximum absolute atomic E-state index is 9.05. The minimum absolute atomic E-state index is 0.349. The van der Waals surface area contributed by atoms with Crippen LogP contribution in [0.2, 0.25) is 0 Å². The quantitative estimate of drug-likeness (QED) is 0.508. The first-order valence-electron chi connectivity index (χ1n) is 3.28. The summed E-state index contributed by atoms with van der Waals surface area (Å²) in [6.45, 7) is 0. The van der Waals surface area contributed by atoms with Crippen molar-refractivity contribution in [1.82, 2.24) is 41.2 Å². The fourth-order valence-corrected chi connectivity index (χ4v) is 1.29. The summed E-state index contributed by atoms with van der Waals surface area (Å²) in [6.07, 6.45) is 0. The van der Waals surface area contributed by atoms with Crippen molar-refractivity contribution in [1.29, 1.82) is 0 Å². The Labute approximate surface area is 73.2 Å². The molecule has 0 amide bonds. The molecule has 2 aromatic heterocycles. The first kappa shape index (κ1) is 8.14. The van der Waals surface area contributed by atoms with Gasteiger partial charge < -0.3 is 4.89 Å². The summed E-state index contributed by atoms with van der Waals surface area (Å²) >= 11 is 0. The maximum Gasteiger partial charge on any atom is 0.191 e. The monoisotopic (exact) mass is 200 g/mol. The second kappa shape index (κ2) is 3.50. The van der Waals surface area contributed by atoms with E-state index < -0.39 is 14.5 Å². The van der Waals surface area contributed by atoms with E-state index >= 15 is 0 Å². The predicted octanol–water partition coefficient (Wildman–Crippen LogP) is -1.61. The molecule has 68 valence electrons. The highest BCUT2D eigenvalue weighted by Gasteiger charge is 2.22. The van der Waals surface area contributed by atoms with Crippen molar-refractivity contribution >= 4 is 8.81 Å². The lowest BCUT2D eigenvalue weighted by atomic mass is 10.4. The molecule has 1 unspecified atom stereocenters. The molecule has 0 spiro atoms. The van der Waals surface area contributed by atoms with Gasteiger partial charge in [0.15, 0.2) is 11.6 Å². The smallest absolute Gasteiger partial charge is 0.191 e. The molecule has 0 fully saturated rings. The van der Waals surface area contributed by atoms with Crippen LogP contribution in [0, 0.1) is 0 Å². The Kier molecular flexibility index (Phi) is 2.19. The average Bonchev–Trinajstić information content (AvgIpc) is 2.76. The van der Waals surface area contributed by atoms with Crippen LogP contribution in [-0.4, -0.2) is 46.1 Å². The highest BCUT2D eigenvalue weighted by molar-refractivity contribution is 7.31. The van der Waals surface area contributed by atoms with Gasteiger partial charge >= 0.3 is 0 Å². The third-order valence-electron chi connectivity index (χ3n) is 1.37. The minimum Gasteiger partial charge on any atom is -0.376 e. The zero-order valence-electron chi connectivity index (χ0n) is 6.21. The average molecular weight is 200 g/mol. The molecule has 0 aromatic carbocycles. The number of aromatic amines is 2. The highest BCUT2D eigenvalue weighted by atomic mass is 31.1. The van der Waals surface area contributed by atoms with Crippen LogP contribution in [0.5, 0.6) is 0 Å². The van der Waals surface area contributed by atoms with Gasteiger partial charge in [0.1, 0.15) is 5.66 Å². The Morgan fingerprint density at radius 1 is 1.08 bits per heavy atom. The van der Waals surface area contributed by atoms with Gasteiger partial charge in [-0.3, -0.25) is 0 Å². The van der Waals surface area contributed by atoms with Crippen LogP contribution in [0.3, 0.4) is 0 Å². The van der Waals surface area contributed by atoms with Gasteiger partial charge in [-0.1, -0.05) is 10.4 Å². The molecule has 0 saturated carbocycles. The molecule has 0 bridgehead atoms. The number of nitrogens with one attached hydrogen (secondary N) is 2. The number of hydrogen-bond donors (Lipinski definition) is 3. The lowest BCUT2D eigenvalue weighted by Crippen LogP contribution is -2.00. The van der Waals surface area contributed by atoms with Gasteiger partial charge in [-0.05, 0) is 0 Å². The number of rotatable bonds is 3. The molecule has 2 aromatic rings. The van der Waals surface area contributed by atoms with E-state index in [0.717, 1.165) is 0 Å². The summed E-state index contributed by atoms with van der Waals surface area (Å²) in [5, 5.41) is 26.2. The molecule has 0 aliphatic rings. The van der Waals surface area contributed by atoms with E-state index in [1.165, 1.54) is 0 Å². The second-order valence-corrected chi connectivity index (χ2v) is 2.94. The van der Waals surface area contributed by atoms with Gasteiger partial charge in [-0.2, -0.15) is 10.4 Å². The number of aromatic nitrogens is 8. The van der Waals surface area contributed by atoms with Gasteiger partial charge in [0.05, 0.1) is 0 Å². The molecule has 10 heteroatoms. The molecular formula is C3H5N8OP. The first-order valence-corrected chi connectivity index (χ1v) is 4.30. The van der Waals surface area contributed by atoms with Crippen molar-refractivity contribution in [3.8, 4) is 0 Å². The molecule has 0 saturated heterocycles. The van der Waals surface area contributed by atoms with Gasteiger partial charge in [0.25, 0.3) is 0 Å². The molecule has 3 N–H and O–H groups in total. The number of H-pyrrole nitrogens is 2. The third-order valence-corrected chi connectivity index (χ3v) is 2.14. The van der Waals surface area contributed by atoms with E-state index in [-0.39, 0.29) is 0 Å². The third kappa shape index (κ3) is 1.51. The molecule has 2 heterocycles. The summed E-state index contributed by atoms with van der Waals surface area (Å²) in [7, 11) is -0.432. The topological polar surface area (TPSA) is 129 Å². The molecule has 0 aliphatic carbocycles. The van der Waals surface area contributed by atoms with Crippen molar-refractivity contribution < 1.29 is 4.89 Å². The van der Waals surface area contributed by atoms with E-state index in [2.05, 4.69) is 41.2 Å². The number of tetrazole rings is 2. The van der Waals surface area contributed by atoms with Gasteiger partial charge in [-0.15, -0.1) is 20.4 Å². The molecule has 1 atom stereocenters. The zero-order chi connectivity index (χ0) is 9.10. The van der Waals surface area contributed by atoms with Gasteiger partial charge in [0, 0.05) is 8.81 Å². The number of hydrogen-bond acceptors (Lipinski definition) is 7. The maximum atomic E-state index is 9.05. The molecular weight excluding hydrogens is 195 g/mol. The van der Waals surface area contributed by atoms with Crippen LogP contribution < -0.4 is 0 Å². The van der Waals surface area contributed by atoms with Gasteiger partial charge in [0.2, 0.25) is 0 Å². The fourth-order valence-electron chi connectivity index (χ4n) is 0.815. The van der Waals surface area contributed by atoms with Crippen LogP contribution in [0.15, 0.2) is 0 Å². The van der Waals surface area contributed by atoms with Crippen molar-refractivity contribution in [2.45, 2.75) is 5.66 Å². The minimum atomic E-state index is -0.461. The van der Waals surface area contributed by atoms with Crippen LogP contribution >= 0.6 is 8.81 Å². The Balaban J connectivity index is 2.29. The van der Waals surface area contributed by atoms with Crippen molar-refractivity contribution in [3.05, 3.63) is 11.6 Å². The molecule has 0 aliphatic heterocycles. The Hall–Kier alpha value is -1.47. The van der Waals surface area contributed by atoms with Crippen molar-refractivity contribution in [2.24, 2.45) is 0 Å². The van der Waals surface area contributed by atoms with Crippen LogP contribution in [0.1, 0.15) is 17.3 Å². The summed E-state index contributed by atoms with van der Waals surface area (Å²) in [6, 6.07) is 0. The zero-order valence-corrected chi connectivity index (χ0v) is 7.21. The largest absolute Gasteiger partial charge is 0.376 e. The van der Waals surface area contributed by atoms with E-state index in [1.54, 1.807) is 0 Å². The van der Waals surface area contributed by atoms with E-state index in [0.29, 0.717) is 11.6 Å². The van der Waals surface area contributed by atoms with E-state index in [4.69, 9.17) is 4.89 Å². The second-order valence-electron chi connectivity index (χ2n) is 2.10. The lowest BCUT2D eigenvalue weighted by molar-refractivity contribution is 0.630. The molecule has 0 radical (unpaired) electrons. The molecule has 2 rings (SSSR count). The predicted molar refractivity (Wildman–Crippen MR) is 40.7 cm³/mol. The highest BCUT2D eigenvalue weighted by Crippen LogP contribution is 2.32. The van der Waals surface area contributed by atoms with Crippen LogP contribution in [0.25, 0.3) is 0 Å². The molecule has 9 nitrogen and oxygen atoms in total. The standard InChI is InChI=1S/C3H5N8OP/c12-13-1(2-4-8-9-5-2)3-6-10-11-7-3/h1,12-13H,(H,4,5,8,9)(H,6,7,10,11). The van der Waals surface area contributed by atoms with Crippen LogP contribution in [0.4, 0.5) is 0 Å². The Bertz CT molecular complexity index is 309. The van der Waals surface area contributed by atoms with Crippen molar-refractivity contribution in [2.75, 3.05) is 0 Å². The fraction of sp³-hybridized carbons (Fsp3) is 0.333. The summed E-state index contributed by atoms with van der Waals surface area (Å²) < 4.78 is 0. The lowest BCUT2D eigenvalue weighted by Gasteiger charge is -2.01. The Morgan fingerprint density at radius 2 is 1.62 bits per heavy atom. The summed E-state index contributed by atoms with van der Waals surface area (Å²) in [5.41, 5.74) is -0.461. The van der Waals surface area contributed by atoms with Crippen LogP contribution in [-0.2, 0) is 0 Å². The Morgan fingerprint density at radius 3 is 1.92 bits per heavy atom. The van der Waals surface area contributed by atoms with E-state index in [1.807, 2.05) is 0 Å². The summed E-state index contributed by atoms with van der Waals surface area (Å²) in [5.74, 6) is 0.699. The van der Waals surface area contributed by atoms with Gasteiger partial charge in [-0.25, -0.2) is 0 Å². The first-order chi connectivity index (χ1) is 6.42. The number of nitrogens with zero attached hydrogens (tertiary/aromatic N) is 6. The SMILES string of the molecule is OPC(c1nn[nH]n1)c1nn[nH]n1. The normalized spacial score (nSPS) is 11.8. The van der Waals surface area contributed by atoms with Crippen molar-refractivity contribution in [3.63, 3.8) is 0 Å².